The second-order valence-electron chi connectivity index (χ2n) is 8.29. The molecular formula is C23H28N4O4. The number of aliphatic hydroxyl groups is 1. The van der Waals surface area contributed by atoms with Crippen LogP contribution in [0.4, 0.5) is 0 Å². The first kappa shape index (κ1) is 21.2. The third-order valence-corrected chi connectivity index (χ3v) is 5.88. The van der Waals surface area contributed by atoms with Crippen LogP contribution in [0.2, 0.25) is 0 Å². The number of amides is 2. The lowest BCUT2D eigenvalue weighted by atomic mass is 10.1. The van der Waals surface area contributed by atoms with E-state index < -0.39 is 0 Å². The Morgan fingerprint density at radius 1 is 1.39 bits per heavy atom. The van der Waals surface area contributed by atoms with Gasteiger partial charge in [0.15, 0.2) is 0 Å². The normalized spacial score (nSPS) is 16.2. The summed E-state index contributed by atoms with van der Waals surface area (Å²) in [5, 5.41) is 11.5. The number of carbonyl (C=O) groups excluding carboxylic acids is 2. The molecule has 0 radical (unpaired) electrons. The van der Waals surface area contributed by atoms with E-state index in [4.69, 9.17) is 9.84 Å². The van der Waals surface area contributed by atoms with E-state index in [9.17, 15) is 9.59 Å². The summed E-state index contributed by atoms with van der Waals surface area (Å²) in [6.07, 6.45) is 5.87. The van der Waals surface area contributed by atoms with Crippen LogP contribution in [-0.2, 0) is 17.8 Å². The Hall–Kier alpha value is -3.00. The number of nitrogens with one attached hydrogen (secondary N) is 1. The van der Waals surface area contributed by atoms with E-state index in [1.54, 1.807) is 23.4 Å². The number of pyridine rings is 2. The zero-order valence-corrected chi connectivity index (χ0v) is 17.9. The molecule has 2 N–H and O–H groups in total. The Bertz CT molecular complexity index is 990. The van der Waals surface area contributed by atoms with Gasteiger partial charge in [0.25, 0.3) is 5.91 Å². The van der Waals surface area contributed by atoms with E-state index in [2.05, 4.69) is 15.3 Å². The molecular weight excluding hydrogens is 396 g/mol. The molecule has 0 saturated heterocycles. The topological polar surface area (TPSA) is 105 Å². The van der Waals surface area contributed by atoms with E-state index in [1.165, 1.54) is 12.8 Å². The second kappa shape index (κ2) is 9.01. The number of hydrogen-bond donors (Lipinski definition) is 2. The molecule has 1 unspecified atom stereocenters. The van der Waals surface area contributed by atoms with Gasteiger partial charge in [-0.15, -0.1) is 0 Å². The number of aryl methyl sites for hydroxylation is 1. The van der Waals surface area contributed by atoms with Crippen LogP contribution in [-0.4, -0.2) is 51.5 Å². The van der Waals surface area contributed by atoms with Crippen molar-refractivity contribution in [3.05, 3.63) is 52.5 Å². The van der Waals surface area contributed by atoms with Gasteiger partial charge in [0.2, 0.25) is 11.8 Å². The zero-order valence-electron chi connectivity index (χ0n) is 17.9. The minimum Gasteiger partial charge on any atom is -0.477 e. The Morgan fingerprint density at radius 2 is 2.19 bits per heavy atom. The number of aromatic nitrogens is 2. The lowest BCUT2D eigenvalue weighted by molar-refractivity contribution is -0.120. The Morgan fingerprint density at radius 3 is 2.90 bits per heavy atom. The third-order valence-electron chi connectivity index (χ3n) is 5.88. The molecule has 1 atom stereocenters. The summed E-state index contributed by atoms with van der Waals surface area (Å²) in [5.74, 6) is 1.01. The van der Waals surface area contributed by atoms with Crippen molar-refractivity contribution < 1.29 is 19.4 Å². The van der Waals surface area contributed by atoms with Crippen LogP contribution in [0.25, 0.3) is 0 Å². The van der Waals surface area contributed by atoms with Crippen molar-refractivity contribution in [2.75, 3.05) is 19.8 Å². The molecule has 4 rings (SSSR count). The summed E-state index contributed by atoms with van der Waals surface area (Å²) in [7, 11) is 0. The smallest absolute Gasteiger partial charge is 0.255 e. The maximum atomic E-state index is 13.1. The van der Waals surface area contributed by atoms with Crippen LogP contribution in [0.15, 0.2) is 24.5 Å². The van der Waals surface area contributed by atoms with Crippen LogP contribution < -0.4 is 10.1 Å². The van der Waals surface area contributed by atoms with Gasteiger partial charge >= 0.3 is 0 Å². The molecule has 3 heterocycles. The van der Waals surface area contributed by atoms with E-state index in [0.717, 1.165) is 16.7 Å². The maximum absolute atomic E-state index is 13.1. The van der Waals surface area contributed by atoms with Crippen molar-refractivity contribution in [1.29, 1.82) is 0 Å². The van der Waals surface area contributed by atoms with Crippen molar-refractivity contribution in [2.24, 2.45) is 5.92 Å². The highest BCUT2D eigenvalue weighted by atomic mass is 16.5. The highest BCUT2D eigenvalue weighted by Gasteiger charge is 2.34. The highest BCUT2D eigenvalue weighted by Crippen LogP contribution is 2.34. The van der Waals surface area contributed by atoms with E-state index >= 15 is 0 Å². The van der Waals surface area contributed by atoms with E-state index in [-0.39, 0.29) is 37.4 Å². The average Bonchev–Trinajstić information content (AvgIpc) is 3.53. The van der Waals surface area contributed by atoms with Gasteiger partial charge in [0, 0.05) is 42.2 Å². The predicted molar refractivity (Wildman–Crippen MR) is 114 cm³/mol. The van der Waals surface area contributed by atoms with Gasteiger partial charge in [-0.1, -0.05) is 0 Å². The number of aliphatic hydroxyl groups excluding tert-OH is 1. The lowest BCUT2D eigenvalue weighted by Crippen LogP contribution is -2.28. The van der Waals surface area contributed by atoms with Gasteiger partial charge in [-0.05, 0) is 50.3 Å². The van der Waals surface area contributed by atoms with Crippen molar-refractivity contribution >= 4 is 11.8 Å². The molecule has 0 bridgehead atoms. The maximum Gasteiger partial charge on any atom is 0.255 e. The number of hydrogen-bond acceptors (Lipinski definition) is 6. The monoisotopic (exact) mass is 424 g/mol. The van der Waals surface area contributed by atoms with Crippen molar-refractivity contribution in [2.45, 2.75) is 45.7 Å². The molecule has 1 aliphatic heterocycles. The molecule has 0 aromatic carbocycles. The standard InChI is InChI=1S/C23H28N4O4/c1-14-9-17(11-26-22(14)31-13-16-3-4-16)15(2)27-12-19-18(23(27)30)5-6-24-20(19)10-21(29)25-7-8-28/h5-6,9,11,15-16,28H,3-4,7-8,10,12-13H2,1-2H3,(H,25,29). The minimum atomic E-state index is -0.226. The molecule has 2 amide bonds. The van der Waals surface area contributed by atoms with Crippen LogP contribution in [0.1, 0.15) is 58.5 Å². The zero-order chi connectivity index (χ0) is 22.0. The van der Waals surface area contributed by atoms with Gasteiger partial charge in [-0.2, -0.15) is 0 Å². The summed E-state index contributed by atoms with van der Waals surface area (Å²) in [4.78, 5) is 35.8. The summed E-state index contributed by atoms with van der Waals surface area (Å²) < 4.78 is 5.82. The molecule has 164 valence electrons. The molecule has 8 heteroatoms. The molecule has 8 nitrogen and oxygen atoms in total. The van der Waals surface area contributed by atoms with Crippen LogP contribution in [0.3, 0.4) is 0 Å². The van der Waals surface area contributed by atoms with Gasteiger partial charge in [0.05, 0.1) is 31.4 Å². The van der Waals surface area contributed by atoms with Gasteiger partial charge < -0.3 is 20.1 Å². The number of rotatable bonds is 9. The first-order chi connectivity index (χ1) is 15.0. The van der Waals surface area contributed by atoms with Crippen molar-refractivity contribution in [3.8, 4) is 5.88 Å². The molecule has 1 fully saturated rings. The van der Waals surface area contributed by atoms with Crippen LogP contribution in [0.5, 0.6) is 5.88 Å². The number of carbonyl (C=O) groups is 2. The van der Waals surface area contributed by atoms with Gasteiger partial charge in [-0.25, -0.2) is 4.98 Å². The summed E-state index contributed by atoms with van der Waals surface area (Å²) >= 11 is 0. The van der Waals surface area contributed by atoms with Crippen molar-refractivity contribution in [3.63, 3.8) is 0 Å². The molecule has 2 aromatic heterocycles. The predicted octanol–water partition coefficient (Wildman–Crippen LogP) is 1.94. The molecule has 31 heavy (non-hydrogen) atoms. The largest absolute Gasteiger partial charge is 0.477 e. The Labute approximate surface area is 181 Å². The van der Waals surface area contributed by atoms with Crippen LogP contribution in [0, 0.1) is 12.8 Å². The molecule has 2 aromatic rings. The first-order valence-electron chi connectivity index (χ1n) is 10.7. The summed E-state index contributed by atoms with van der Waals surface area (Å²) in [6.45, 7) is 5.14. The fraction of sp³-hybridized carbons (Fsp3) is 0.478. The molecule has 0 spiro atoms. The van der Waals surface area contributed by atoms with Gasteiger partial charge in [0.1, 0.15) is 0 Å². The third kappa shape index (κ3) is 4.69. The van der Waals surface area contributed by atoms with E-state index in [1.807, 2.05) is 19.9 Å². The second-order valence-corrected chi connectivity index (χ2v) is 8.29. The summed E-state index contributed by atoms with van der Waals surface area (Å²) in [6, 6.07) is 3.55. The van der Waals surface area contributed by atoms with Gasteiger partial charge in [-0.3, -0.25) is 14.6 Å². The van der Waals surface area contributed by atoms with E-state index in [0.29, 0.717) is 36.2 Å². The van der Waals surface area contributed by atoms with Crippen molar-refractivity contribution in [1.82, 2.24) is 20.2 Å². The lowest BCUT2D eigenvalue weighted by Gasteiger charge is -2.25. The number of nitrogens with zero attached hydrogens (tertiary/aromatic N) is 3. The molecule has 1 saturated carbocycles. The number of fused-ring (bicyclic) bond motifs is 1. The fourth-order valence-corrected chi connectivity index (χ4v) is 3.81. The molecule has 1 aliphatic carbocycles. The molecule has 2 aliphatic rings. The Kier molecular flexibility index (Phi) is 6.18. The quantitative estimate of drug-likeness (QED) is 0.638. The Balaban J connectivity index is 1.48. The first-order valence-corrected chi connectivity index (χ1v) is 10.7. The number of ether oxygens (including phenoxy) is 1. The van der Waals surface area contributed by atoms with Crippen LogP contribution >= 0.6 is 0 Å². The SMILES string of the molecule is Cc1cc(C(C)N2Cc3c(ccnc3CC(=O)NCCO)C2=O)cnc1OCC1CC1. The fourth-order valence-electron chi connectivity index (χ4n) is 3.81. The average molecular weight is 425 g/mol. The highest BCUT2D eigenvalue weighted by molar-refractivity contribution is 5.99. The minimum absolute atomic E-state index is 0.0753. The summed E-state index contributed by atoms with van der Waals surface area (Å²) in [5.41, 5.74) is 3.85.